The predicted molar refractivity (Wildman–Crippen MR) is 180 cm³/mol. The van der Waals surface area contributed by atoms with E-state index in [-0.39, 0.29) is 35.5 Å². The number of hydrogen-bond acceptors (Lipinski definition) is 6. The van der Waals surface area contributed by atoms with Crippen LogP contribution in [0, 0.1) is 5.41 Å². The van der Waals surface area contributed by atoms with Gasteiger partial charge in [0.25, 0.3) is 23.6 Å². The SMILES string of the molecule is CCCCCCC(CCC)(C(=O)NNC(=O)c1c(O)cccc1CCCCC)C(=O)NNC(=O)c1c(O)cccc1CCCCC. The van der Waals surface area contributed by atoms with Crippen LogP contribution in [0.25, 0.3) is 0 Å². The number of hydrazine groups is 2. The Labute approximate surface area is 274 Å². The number of unbranched alkanes of at least 4 members (excludes halogenated alkanes) is 7. The molecule has 2 aromatic rings. The standard InChI is InChI=1S/C36H54N4O6/c1-5-9-12-15-25-36(24-8-4,34(45)39-37-32(43)30-26(18-13-10-6-2)20-16-22-28(30)41)35(46)40-38-33(44)31-27(19-14-11-7-3)21-17-23-29(31)42/h16-17,20-23,41-42H,5-15,18-19,24-25H2,1-4H3,(H,37,43)(H,38,44)(H,39,45)(H,40,46). The quantitative estimate of drug-likeness (QED) is 0.0583. The lowest BCUT2D eigenvalue weighted by Crippen LogP contribution is -2.58. The van der Waals surface area contributed by atoms with Gasteiger partial charge in [-0.1, -0.05) is 110 Å². The molecule has 0 aliphatic carbocycles. The molecule has 0 spiro atoms. The number of rotatable bonds is 19. The molecule has 0 bridgehead atoms. The lowest BCUT2D eigenvalue weighted by molar-refractivity contribution is -0.146. The number of aryl methyl sites for hydroxylation is 2. The van der Waals surface area contributed by atoms with Gasteiger partial charge in [-0.25, -0.2) is 0 Å². The number of aromatic hydroxyl groups is 2. The highest BCUT2D eigenvalue weighted by Gasteiger charge is 2.45. The van der Waals surface area contributed by atoms with E-state index in [0.29, 0.717) is 36.8 Å². The largest absolute Gasteiger partial charge is 0.507 e. The summed E-state index contributed by atoms with van der Waals surface area (Å²) in [7, 11) is 0. The maximum absolute atomic E-state index is 13.8. The Morgan fingerprint density at radius 1 is 0.543 bits per heavy atom. The van der Waals surface area contributed by atoms with E-state index in [4.69, 9.17) is 0 Å². The molecule has 0 atom stereocenters. The molecule has 0 unspecified atom stereocenters. The summed E-state index contributed by atoms with van der Waals surface area (Å²) in [4.78, 5) is 54.2. The first-order valence-corrected chi connectivity index (χ1v) is 17.0. The lowest BCUT2D eigenvalue weighted by Gasteiger charge is -2.31. The van der Waals surface area contributed by atoms with Crippen LogP contribution in [0.4, 0.5) is 0 Å². The van der Waals surface area contributed by atoms with Crippen molar-refractivity contribution in [3.8, 4) is 11.5 Å². The van der Waals surface area contributed by atoms with Crippen molar-refractivity contribution >= 4 is 23.6 Å². The summed E-state index contributed by atoms with van der Waals surface area (Å²) in [5.41, 5.74) is 9.64. The van der Waals surface area contributed by atoms with Crippen LogP contribution in [0.3, 0.4) is 0 Å². The van der Waals surface area contributed by atoms with E-state index in [2.05, 4.69) is 42.5 Å². The number of nitrogens with one attached hydrogen (secondary N) is 4. The maximum atomic E-state index is 13.8. The van der Waals surface area contributed by atoms with Crippen molar-refractivity contribution in [2.45, 2.75) is 124 Å². The van der Waals surface area contributed by atoms with Gasteiger partial charge in [-0.3, -0.25) is 40.9 Å². The van der Waals surface area contributed by atoms with Gasteiger partial charge in [0.1, 0.15) is 16.9 Å². The first-order valence-electron chi connectivity index (χ1n) is 17.0. The van der Waals surface area contributed by atoms with E-state index < -0.39 is 29.0 Å². The number of benzene rings is 2. The molecule has 0 aromatic heterocycles. The summed E-state index contributed by atoms with van der Waals surface area (Å²) in [5.74, 6) is -3.18. The molecule has 6 N–H and O–H groups in total. The fourth-order valence-electron chi connectivity index (χ4n) is 5.80. The number of carbonyl (C=O) groups excluding carboxylic acids is 4. The lowest BCUT2D eigenvalue weighted by atomic mass is 9.77. The second kappa shape index (κ2) is 20.1. The number of phenols is 2. The van der Waals surface area contributed by atoms with Crippen LogP contribution in [-0.4, -0.2) is 33.8 Å². The number of hydrogen-bond donors (Lipinski definition) is 6. The van der Waals surface area contributed by atoms with Gasteiger partial charge in [-0.05, 0) is 61.8 Å². The van der Waals surface area contributed by atoms with E-state index >= 15 is 0 Å². The summed E-state index contributed by atoms with van der Waals surface area (Å²) in [6.45, 7) is 8.08. The first kappa shape index (κ1) is 38.1. The fraction of sp³-hybridized carbons (Fsp3) is 0.556. The average Bonchev–Trinajstić information content (AvgIpc) is 3.04. The molecule has 10 nitrogen and oxygen atoms in total. The third-order valence-corrected chi connectivity index (χ3v) is 8.39. The van der Waals surface area contributed by atoms with Crippen molar-refractivity contribution in [3.05, 3.63) is 58.7 Å². The molecule has 10 heteroatoms. The van der Waals surface area contributed by atoms with E-state index in [9.17, 15) is 29.4 Å². The van der Waals surface area contributed by atoms with Gasteiger partial charge in [0.2, 0.25) is 0 Å². The Hall–Kier alpha value is -4.08. The number of amides is 4. The monoisotopic (exact) mass is 638 g/mol. The molecule has 2 aromatic carbocycles. The molecular weight excluding hydrogens is 584 g/mol. The molecule has 2 rings (SSSR count). The van der Waals surface area contributed by atoms with Crippen molar-refractivity contribution in [2.24, 2.45) is 5.41 Å². The minimum Gasteiger partial charge on any atom is -0.507 e. The minimum absolute atomic E-state index is 0.0806. The predicted octanol–water partition coefficient (Wildman–Crippen LogP) is 6.54. The van der Waals surface area contributed by atoms with Gasteiger partial charge in [0.05, 0.1) is 11.1 Å². The van der Waals surface area contributed by atoms with Crippen LogP contribution in [-0.2, 0) is 22.4 Å². The van der Waals surface area contributed by atoms with Crippen LogP contribution in [0.2, 0.25) is 0 Å². The van der Waals surface area contributed by atoms with Gasteiger partial charge in [0.15, 0.2) is 0 Å². The average molecular weight is 639 g/mol. The highest BCUT2D eigenvalue weighted by atomic mass is 16.3. The van der Waals surface area contributed by atoms with Gasteiger partial charge < -0.3 is 10.2 Å². The minimum atomic E-state index is -1.60. The Bertz CT molecular complexity index is 1210. The van der Waals surface area contributed by atoms with Gasteiger partial charge in [-0.2, -0.15) is 0 Å². The highest BCUT2D eigenvalue weighted by Crippen LogP contribution is 2.32. The van der Waals surface area contributed by atoms with Crippen LogP contribution >= 0.6 is 0 Å². The van der Waals surface area contributed by atoms with Gasteiger partial charge in [-0.15, -0.1) is 0 Å². The molecule has 254 valence electrons. The molecule has 0 aliphatic heterocycles. The van der Waals surface area contributed by atoms with Crippen molar-refractivity contribution in [1.82, 2.24) is 21.7 Å². The van der Waals surface area contributed by atoms with Crippen LogP contribution in [0.1, 0.15) is 143 Å². The van der Waals surface area contributed by atoms with E-state index in [1.165, 1.54) is 12.1 Å². The molecule has 46 heavy (non-hydrogen) atoms. The highest BCUT2D eigenvalue weighted by molar-refractivity contribution is 6.07. The summed E-state index contributed by atoms with van der Waals surface area (Å²) < 4.78 is 0. The Morgan fingerprint density at radius 3 is 1.39 bits per heavy atom. The van der Waals surface area contributed by atoms with Crippen LogP contribution < -0.4 is 21.7 Å². The molecule has 0 fully saturated rings. The summed E-state index contributed by atoms with van der Waals surface area (Å²) in [5, 5.41) is 21.0. The Balaban J connectivity index is 2.28. The molecule has 0 saturated carbocycles. The Morgan fingerprint density at radius 2 is 0.978 bits per heavy atom. The third-order valence-electron chi connectivity index (χ3n) is 8.39. The van der Waals surface area contributed by atoms with Crippen LogP contribution in [0.5, 0.6) is 11.5 Å². The van der Waals surface area contributed by atoms with Crippen molar-refractivity contribution < 1.29 is 29.4 Å². The molecule has 0 saturated heterocycles. The normalized spacial score (nSPS) is 11.1. The second-order valence-corrected chi connectivity index (χ2v) is 12.0. The maximum Gasteiger partial charge on any atom is 0.273 e. The molecule has 0 heterocycles. The fourth-order valence-corrected chi connectivity index (χ4v) is 5.80. The summed E-state index contributed by atoms with van der Waals surface area (Å²) in [6, 6.07) is 9.75. The zero-order chi connectivity index (χ0) is 34.0. The summed E-state index contributed by atoms with van der Waals surface area (Å²) in [6.07, 6.45) is 11.0. The molecule has 4 amide bonds. The Kier molecular flexibility index (Phi) is 16.7. The van der Waals surface area contributed by atoms with Gasteiger partial charge >= 0.3 is 0 Å². The van der Waals surface area contributed by atoms with E-state index in [1.807, 2.05) is 6.92 Å². The zero-order valence-corrected chi connectivity index (χ0v) is 28.1. The van der Waals surface area contributed by atoms with Gasteiger partial charge in [0, 0.05) is 0 Å². The topological polar surface area (TPSA) is 157 Å². The van der Waals surface area contributed by atoms with Crippen molar-refractivity contribution in [2.75, 3.05) is 0 Å². The zero-order valence-electron chi connectivity index (χ0n) is 28.1. The smallest absolute Gasteiger partial charge is 0.273 e. The first-order chi connectivity index (χ1) is 22.2. The molecule has 0 aliphatic rings. The number of phenolic OH excluding ortho intramolecular Hbond substituents is 2. The number of carbonyl (C=O) groups is 4. The van der Waals surface area contributed by atoms with E-state index in [1.54, 1.807) is 24.3 Å². The molecular formula is C36H54N4O6. The second-order valence-electron chi connectivity index (χ2n) is 12.0. The third kappa shape index (κ3) is 10.8. The van der Waals surface area contributed by atoms with Crippen molar-refractivity contribution in [3.63, 3.8) is 0 Å². The van der Waals surface area contributed by atoms with Crippen LogP contribution in [0.15, 0.2) is 36.4 Å². The molecule has 0 radical (unpaired) electrons. The summed E-state index contributed by atoms with van der Waals surface area (Å²) >= 11 is 0. The van der Waals surface area contributed by atoms with Crippen molar-refractivity contribution in [1.29, 1.82) is 0 Å². The van der Waals surface area contributed by atoms with E-state index in [0.717, 1.165) is 57.8 Å².